The predicted octanol–water partition coefficient (Wildman–Crippen LogP) is 2.56. The molecule has 0 aromatic rings. The summed E-state index contributed by atoms with van der Waals surface area (Å²) in [5, 5.41) is 80.6. The van der Waals surface area contributed by atoms with Gasteiger partial charge in [0.15, 0.2) is 37.2 Å². The van der Waals surface area contributed by atoms with E-state index >= 15 is 0 Å². The van der Waals surface area contributed by atoms with E-state index in [0.29, 0.717) is 25.7 Å². The van der Waals surface area contributed by atoms with Crippen LogP contribution in [0.1, 0.15) is 146 Å². The molecule has 0 aliphatic carbocycles. The summed E-state index contributed by atoms with van der Waals surface area (Å²) in [5.74, 6) is -6.33. The molecular weight excluding hydrogens is 989 g/mol. The van der Waals surface area contributed by atoms with Gasteiger partial charge in [-0.25, -0.2) is 4.79 Å². The second-order valence-electron chi connectivity index (χ2n) is 21.3. The van der Waals surface area contributed by atoms with Crippen molar-refractivity contribution >= 4 is 23.9 Å². The summed E-state index contributed by atoms with van der Waals surface area (Å²) in [6.45, 7) is 13.6. The number of esters is 4. The zero-order chi connectivity index (χ0) is 55.3. The molecule has 22 heteroatoms. The maximum absolute atomic E-state index is 14.0. The van der Waals surface area contributed by atoms with Crippen molar-refractivity contribution in [2.24, 2.45) is 17.8 Å². The summed E-state index contributed by atoms with van der Waals surface area (Å²) in [5.41, 5.74) is 0. The molecule has 0 aromatic heterocycles. The summed E-state index contributed by atoms with van der Waals surface area (Å²) in [6, 6.07) is 0. The lowest BCUT2D eigenvalue weighted by atomic mass is 9.80. The molecule has 23 atom stereocenters. The van der Waals surface area contributed by atoms with Crippen molar-refractivity contribution < 1.29 is 107 Å². The number of hydrogen-bond acceptors (Lipinski definition) is 22. The minimum atomic E-state index is -1.98. The first-order valence-electron chi connectivity index (χ1n) is 27.3. The highest BCUT2D eigenvalue weighted by atomic mass is 16.8. The second-order valence-corrected chi connectivity index (χ2v) is 21.3. The van der Waals surface area contributed by atoms with Crippen molar-refractivity contribution in [3.63, 3.8) is 0 Å². The topological polar surface area (TPSA) is 311 Å². The highest BCUT2D eigenvalue weighted by Crippen LogP contribution is 2.41. The summed E-state index contributed by atoms with van der Waals surface area (Å²) < 4.78 is 68.4. The summed E-state index contributed by atoms with van der Waals surface area (Å²) >= 11 is 0. The Hall–Kier alpha value is -2.94. The fraction of sp³-hybridized carbons (Fsp3) is 0.887. The number of aliphatic hydroxyl groups is 7. The van der Waals surface area contributed by atoms with Gasteiger partial charge in [0.1, 0.15) is 55.4 Å². The Labute approximate surface area is 440 Å². The van der Waals surface area contributed by atoms with Gasteiger partial charge in [0.2, 0.25) is 0 Å². The van der Waals surface area contributed by atoms with Gasteiger partial charge >= 0.3 is 23.9 Å². The van der Waals surface area contributed by atoms with E-state index in [1.165, 1.54) is 33.8 Å². The Bertz CT molecular complexity index is 1800. The number of carbonyl (C=O) groups is 4. The van der Waals surface area contributed by atoms with E-state index in [2.05, 4.69) is 6.92 Å². The fourth-order valence-electron chi connectivity index (χ4n) is 10.1. The quantitative estimate of drug-likeness (QED) is 0.0569. The fourth-order valence-corrected chi connectivity index (χ4v) is 10.1. The second kappa shape index (κ2) is 29.9. The van der Waals surface area contributed by atoms with Crippen LogP contribution in [0.15, 0.2) is 12.2 Å². The van der Waals surface area contributed by atoms with Crippen molar-refractivity contribution in [3.8, 4) is 0 Å². The summed E-state index contributed by atoms with van der Waals surface area (Å²) in [7, 11) is 0. The van der Waals surface area contributed by atoms with Gasteiger partial charge in [0, 0.05) is 12.5 Å². The van der Waals surface area contributed by atoms with Gasteiger partial charge in [-0.2, -0.15) is 0 Å². The minimum absolute atomic E-state index is 0.0593. The van der Waals surface area contributed by atoms with Crippen LogP contribution < -0.4 is 0 Å². The molecule has 22 nitrogen and oxygen atoms in total. The molecule has 5 aliphatic heterocycles. The van der Waals surface area contributed by atoms with E-state index in [0.717, 1.165) is 57.4 Å². The monoisotopic (exact) mass is 1080 g/mol. The van der Waals surface area contributed by atoms with Crippen molar-refractivity contribution in [3.05, 3.63) is 12.2 Å². The zero-order valence-corrected chi connectivity index (χ0v) is 45.2. The van der Waals surface area contributed by atoms with E-state index in [4.69, 9.17) is 52.1 Å². The van der Waals surface area contributed by atoms with Gasteiger partial charge < -0.3 is 87.9 Å². The lowest BCUT2D eigenvalue weighted by Gasteiger charge is -2.52. The van der Waals surface area contributed by atoms with Crippen LogP contribution in [0.4, 0.5) is 0 Å². The van der Waals surface area contributed by atoms with Crippen LogP contribution in [-0.4, -0.2) is 195 Å². The van der Waals surface area contributed by atoms with Gasteiger partial charge in [-0.1, -0.05) is 84.6 Å². The van der Waals surface area contributed by atoms with E-state index in [-0.39, 0.29) is 12.5 Å². The molecule has 432 valence electrons. The molecule has 5 fully saturated rings. The summed E-state index contributed by atoms with van der Waals surface area (Å²) in [4.78, 5) is 53.2. The molecule has 0 amide bonds. The van der Waals surface area contributed by atoms with Gasteiger partial charge in [0.05, 0.1) is 60.5 Å². The molecule has 0 aromatic carbocycles. The number of unbranched alkanes of at least 4 members (excludes halogenated alkanes) is 2. The van der Waals surface area contributed by atoms with Crippen molar-refractivity contribution in [1.82, 2.24) is 0 Å². The maximum atomic E-state index is 14.0. The largest absolute Gasteiger partial charge is 0.463 e. The van der Waals surface area contributed by atoms with Crippen LogP contribution in [0.2, 0.25) is 0 Å². The average Bonchev–Trinajstić information content (AvgIpc) is 3.35. The van der Waals surface area contributed by atoms with Gasteiger partial charge in [0.25, 0.3) is 0 Å². The molecule has 0 radical (unpaired) electrons. The molecule has 5 aliphatic rings. The third-order valence-corrected chi connectivity index (χ3v) is 15.0. The van der Waals surface area contributed by atoms with Gasteiger partial charge in [-0.05, 0) is 60.8 Å². The molecule has 1 unspecified atom stereocenters. The van der Waals surface area contributed by atoms with Gasteiger partial charge in [-0.15, -0.1) is 0 Å². The third-order valence-electron chi connectivity index (χ3n) is 15.0. The molecule has 5 saturated heterocycles. The number of hydrogen-bond donors (Lipinski definition) is 7. The van der Waals surface area contributed by atoms with E-state index < -0.39 is 171 Å². The highest BCUT2D eigenvalue weighted by molar-refractivity contribution is 5.82. The molecule has 5 heterocycles. The minimum Gasteiger partial charge on any atom is -0.463 e. The average molecular weight is 1080 g/mol. The number of rotatable bonds is 14. The molecule has 7 N–H and O–H groups in total. The van der Waals surface area contributed by atoms with E-state index in [9.17, 15) is 54.9 Å². The van der Waals surface area contributed by atoms with Crippen LogP contribution in [-0.2, 0) is 71.3 Å². The third kappa shape index (κ3) is 16.8. The molecule has 5 rings (SSSR count). The van der Waals surface area contributed by atoms with Crippen LogP contribution in [0.3, 0.4) is 0 Å². The Balaban J connectivity index is 1.61. The Morgan fingerprint density at radius 2 is 1.31 bits per heavy atom. The Kier molecular flexibility index (Phi) is 25.0. The maximum Gasteiger partial charge on any atom is 0.330 e. The van der Waals surface area contributed by atoms with Crippen molar-refractivity contribution in [2.75, 3.05) is 6.61 Å². The first-order valence-corrected chi connectivity index (χ1v) is 27.3. The Morgan fingerprint density at radius 1 is 0.653 bits per heavy atom. The van der Waals surface area contributed by atoms with E-state index in [1.807, 2.05) is 0 Å². The zero-order valence-electron chi connectivity index (χ0n) is 45.2. The van der Waals surface area contributed by atoms with Crippen LogP contribution >= 0.6 is 0 Å². The number of ether oxygens (including phenoxy) is 11. The lowest BCUT2D eigenvalue weighted by Crippen LogP contribution is -2.69. The number of aliphatic hydroxyl groups excluding tert-OH is 7. The normalized spacial score (nSPS) is 40.7. The number of carbonyl (C=O) groups excluding carboxylic acids is 4. The van der Waals surface area contributed by atoms with Crippen molar-refractivity contribution in [2.45, 2.75) is 275 Å². The Morgan fingerprint density at radius 3 is 1.96 bits per heavy atom. The first-order chi connectivity index (χ1) is 35.6. The van der Waals surface area contributed by atoms with Crippen molar-refractivity contribution in [1.29, 1.82) is 0 Å². The van der Waals surface area contributed by atoms with Crippen LogP contribution in [0.5, 0.6) is 0 Å². The molecule has 75 heavy (non-hydrogen) atoms. The molecule has 0 saturated carbocycles. The van der Waals surface area contributed by atoms with Gasteiger partial charge in [-0.3, -0.25) is 14.4 Å². The highest BCUT2D eigenvalue weighted by Gasteiger charge is 2.60. The predicted molar refractivity (Wildman–Crippen MR) is 263 cm³/mol. The lowest BCUT2D eigenvalue weighted by molar-refractivity contribution is -0.378. The molecular formula is C53H88O22. The standard InChI is InChI=1S/C53H88O22/c1-10-12-18-22-32-23-19-16-14-13-15-17-20-24-35(56)72-47-44(74-52-42(62)41(61)43(30(8)67-52)71-34(55)21-11-2)31(9)68-53(48(47)73-49(63)26(3)4)75-46-40(60)38(58)33(25-65-50(64)27(5)28(6)54)70-45(46)36-39(59)37(57)29(7)66-51(36)69-32/h11,21,26-33,36-48,51-54,57-62H,10,12-20,22-25H2,1-9H3/b21-11+/t27-,28-,29-,30-,31+,32?,33-,36+,37-,38-,39-,40+,41-,42-,43-,44+,45+,46-,47-,48-,51+,52+,53+/m1/s1. The molecule has 2 bridgehead atoms. The first kappa shape index (κ1) is 62.9. The molecule has 0 spiro atoms. The SMILES string of the molecule is C/C=C/C(=O)O[C@H]1[C@H](O)[C@@H](O)[C@H](O[C@@H]2[C@H]3OC(=O)CCCCCCCCCC(CCCCC)O[C@@H]4O[C@H](C)[C@@H](O)[C@H](O)[C@H]4[C@@H]4O[C@H](COC(=O)[C@H](C)[C@@H](C)O)[C@@H](O)[C@H](O)[C@H]4O[C@H](O[C@H]2C)[C@@H]3OC(=O)C(C)C)O[C@@H]1C. The number of fused-ring (bicyclic) bond motifs is 5. The van der Waals surface area contributed by atoms with E-state index in [1.54, 1.807) is 27.7 Å². The summed E-state index contributed by atoms with van der Waals surface area (Å²) in [6.07, 6.45) is -19.3. The smallest absolute Gasteiger partial charge is 0.330 e. The van der Waals surface area contributed by atoms with Crippen LogP contribution in [0, 0.1) is 17.8 Å². The number of allylic oxidation sites excluding steroid dienone is 1. The van der Waals surface area contributed by atoms with Crippen LogP contribution in [0.25, 0.3) is 0 Å².